The first-order valence-corrected chi connectivity index (χ1v) is 7.19. The molecule has 0 unspecified atom stereocenters. The number of benzene rings is 1. The number of carboxylic acid groups (broad SMARTS) is 1. The first-order chi connectivity index (χ1) is 9.97. The number of nitrogens with one attached hydrogen (secondary N) is 1. The highest BCUT2D eigenvalue weighted by Crippen LogP contribution is 2.30. The Morgan fingerprint density at radius 2 is 2.05 bits per heavy atom. The lowest BCUT2D eigenvalue weighted by Crippen LogP contribution is -2.25. The topological polar surface area (TPSA) is 92.5 Å². The van der Waals surface area contributed by atoms with E-state index in [2.05, 4.69) is 5.32 Å². The number of hydrogen-bond acceptors (Lipinski definition) is 4. The summed E-state index contributed by atoms with van der Waals surface area (Å²) in [6, 6.07) is 5.14. The van der Waals surface area contributed by atoms with Gasteiger partial charge in [0.15, 0.2) is 0 Å². The van der Waals surface area contributed by atoms with E-state index in [4.69, 9.17) is 5.11 Å². The zero-order valence-electron chi connectivity index (χ0n) is 12.0. The summed E-state index contributed by atoms with van der Waals surface area (Å²) in [6.07, 6.45) is 3.09. The van der Waals surface area contributed by atoms with Gasteiger partial charge in [-0.2, -0.15) is 0 Å². The Balaban J connectivity index is 1.92. The summed E-state index contributed by atoms with van der Waals surface area (Å²) in [6.45, 7) is 2.47. The summed E-state index contributed by atoms with van der Waals surface area (Å²) in [5.41, 5.74) is 1.48. The van der Waals surface area contributed by atoms with E-state index in [0.29, 0.717) is 31.0 Å². The minimum absolute atomic E-state index is 0.0919. The first-order valence-electron chi connectivity index (χ1n) is 7.19. The Morgan fingerprint density at radius 3 is 2.62 bits per heavy atom. The molecular formula is C15H20N2O4. The lowest BCUT2D eigenvalue weighted by atomic mass is 9.82. The van der Waals surface area contributed by atoms with E-state index in [-0.39, 0.29) is 16.5 Å². The zero-order valence-corrected chi connectivity index (χ0v) is 12.0. The van der Waals surface area contributed by atoms with Crippen molar-refractivity contribution in [1.29, 1.82) is 0 Å². The molecule has 1 aliphatic rings. The molecule has 1 aromatic rings. The molecule has 1 fully saturated rings. The highest BCUT2D eigenvalue weighted by molar-refractivity contribution is 5.70. The molecule has 114 valence electrons. The highest BCUT2D eigenvalue weighted by atomic mass is 16.6. The van der Waals surface area contributed by atoms with Crippen LogP contribution in [-0.2, 0) is 4.79 Å². The molecule has 2 N–H and O–H groups in total. The zero-order chi connectivity index (χ0) is 15.4. The summed E-state index contributed by atoms with van der Waals surface area (Å²) < 4.78 is 0. The predicted octanol–water partition coefficient (Wildman–Crippen LogP) is 3.21. The van der Waals surface area contributed by atoms with Gasteiger partial charge < -0.3 is 10.4 Å². The number of aryl methyl sites for hydroxylation is 1. The second-order valence-electron chi connectivity index (χ2n) is 5.71. The maximum Gasteiger partial charge on any atom is 0.306 e. The largest absolute Gasteiger partial charge is 0.481 e. The maximum atomic E-state index is 11.0. The third-order valence-corrected chi connectivity index (χ3v) is 4.13. The number of nitro benzene ring substituents is 1. The van der Waals surface area contributed by atoms with Crippen LogP contribution < -0.4 is 5.32 Å². The monoisotopic (exact) mass is 292 g/mol. The van der Waals surface area contributed by atoms with Gasteiger partial charge in [-0.05, 0) is 50.2 Å². The average molecular weight is 292 g/mol. The van der Waals surface area contributed by atoms with Crippen molar-refractivity contribution >= 4 is 17.3 Å². The lowest BCUT2D eigenvalue weighted by molar-refractivity contribution is -0.384. The van der Waals surface area contributed by atoms with Crippen LogP contribution in [0.1, 0.15) is 31.2 Å². The maximum absolute atomic E-state index is 11.0. The van der Waals surface area contributed by atoms with Crippen LogP contribution >= 0.6 is 0 Å². The molecule has 0 amide bonds. The molecule has 1 aromatic carbocycles. The number of anilines is 1. The number of rotatable bonds is 5. The van der Waals surface area contributed by atoms with Crippen molar-refractivity contribution in [2.45, 2.75) is 32.6 Å². The molecule has 21 heavy (non-hydrogen) atoms. The molecule has 0 radical (unpaired) electrons. The highest BCUT2D eigenvalue weighted by Gasteiger charge is 2.26. The molecule has 0 spiro atoms. The summed E-state index contributed by atoms with van der Waals surface area (Å²) in [4.78, 5) is 21.6. The fourth-order valence-corrected chi connectivity index (χ4v) is 2.81. The Labute approximate surface area is 123 Å². The normalized spacial score (nSPS) is 21.8. The van der Waals surface area contributed by atoms with Crippen LogP contribution in [-0.4, -0.2) is 22.5 Å². The van der Waals surface area contributed by atoms with Crippen LogP contribution in [0, 0.1) is 28.9 Å². The molecule has 1 saturated carbocycles. The van der Waals surface area contributed by atoms with Crippen molar-refractivity contribution < 1.29 is 14.8 Å². The molecule has 0 aliphatic heterocycles. The van der Waals surface area contributed by atoms with Crippen LogP contribution in [0.25, 0.3) is 0 Å². The second kappa shape index (κ2) is 6.56. The summed E-state index contributed by atoms with van der Waals surface area (Å²) >= 11 is 0. The van der Waals surface area contributed by atoms with Gasteiger partial charge in [-0.25, -0.2) is 0 Å². The van der Waals surface area contributed by atoms with Crippen LogP contribution in [0.15, 0.2) is 18.2 Å². The Hall–Kier alpha value is -2.11. The van der Waals surface area contributed by atoms with Gasteiger partial charge in [0.05, 0.1) is 10.8 Å². The van der Waals surface area contributed by atoms with Crippen LogP contribution in [0.4, 0.5) is 11.4 Å². The van der Waals surface area contributed by atoms with Crippen molar-refractivity contribution in [3.05, 3.63) is 33.9 Å². The Kier molecular flexibility index (Phi) is 4.77. The first kappa shape index (κ1) is 15.3. The van der Waals surface area contributed by atoms with Crippen molar-refractivity contribution in [2.24, 2.45) is 11.8 Å². The van der Waals surface area contributed by atoms with Gasteiger partial charge in [0.25, 0.3) is 5.69 Å². The minimum atomic E-state index is -0.712. The fraction of sp³-hybridized carbons (Fsp3) is 0.533. The Bertz CT molecular complexity index is 536. The van der Waals surface area contributed by atoms with E-state index in [9.17, 15) is 14.9 Å². The quantitative estimate of drug-likeness (QED) is 0.642. The van der Waals surface area contributed by atoms with E-state index in [1.165, 1.54) is 0 Å². The molecule has 0 aromatic heterocycles. The molecule has 0 heterocycles. The van der Waals surface area contributed by atoms with Crippen molar-refractivity contribution in [3.63, 3.8) is 0 Å². The van der Waals surface area contributed by atoms with Crippen LogP contribution in [0.5, 0.6) is 0 Å². The number of carbonyl (C=O) groups is 1. The van der Waals surface area contributed by atoms with Gasteiger partial charge >= 0.3 is 5.97 Å². The standard InChI is InChI=1S/C15H20N2O4/c1-10-2-7-13(14(8-10)17(20)21)16-9-11-3-5-12(6-4-11)15(18)19/h2,7-8,11-12,16H,3-6,9H2,1H3,(H,18,19). The molecule has 1 aliphatic carbocycles. The van der Waals surface area contributed by atoms with Gasteiger partial charge in [0, 0.05) is 12.6 Å². The molecular weight excluding hydrogens is 272 g/mol. The smallest absolute Gasteiger partial charge is 0.306 e. The van der Waals surface area contributed by atoms with Gasteiger partial charge in [-0.1, -0.05) is 6.07 Å². The van der Waals surface area contributed by atoms with E-state index in [1.54, 1.807) is 12.1 Å². The van der Waals surface area contributed by atoms with Gasteiger partial charge in [0.2, 0.25) is 0 Å². The minimum Gasteiger partial charge on any atom is -0.481 e. The Morgan fingerprint density at radius 1 is 1.38 bits per heavy atom. The van der Waals surface area contributed by atoms with Crippen molar-refractivity contribution in [2.75, 3.05) is 11.9 Å². The number of nitrogens with zero attached hydrogens (tertiary/aromatic N) is 1. The van der Waals surface area contributed by atoms with E-state index in [0.717, 1.165) is 18.4 Å². The van der Waals surface area contributed by atoms with E-state index in [1.807, 2.05) is 13.0 Å². The van der Waals surface area contributed by atoms with Crippen LogP contribution in [0.3, 0.4) is 0 Å². The number of nitro groups is 1. The van der Waals surface area contributed by atoms with Gasteiger partial charge in [-0.15, -0.1) is 0 Å². The van der Waals surface area contributed by atoms with Gasteiger partial charge in [-0.3, -0.25) is 14.9 Å². The number of carboxylic acids is 1. The predicted molar refractivity (Wildman–Crippen MR) is 79.4 cm³/mol. The number of aliphatic carboxylic acids is 1. The summed E-state index contributed by atoms with van der Waals surface area (Å²) in [7, 11) is 0. The molecule has 6 nitrogen and oxygen atoms in total. The SMILES string of the molecule is Cc1ccc(NCC2CCC(C(=O)O)CC2)c([N+](=O)[O-])c1. The second-order valence-corrected chi connectivity index (χ2v) is 5.71. The average Bonchev–Trinajstić information content (AvgIpc) is 2.46. The van der Waals surface area contributed by atoms with Crippen molar-refractivity contribution in [3.8, 4) is 0 Å². The van der Waals surface area contributed by atoms with E-state index < -0.39 is 5.97 Å². The van der Waals surface area contributed by atoms with Crippen molar-refractivity contribution in [1.82, 2.24) is 0 Å². The molecule has 0 atom stereocenters. The molecule has 0 bridgehead atoms. The van der Waals surface area contributed by atoms with Crippen LogP contribution in [0.2, 0.25) is 0 Å². The molecule has 0 saturated heterocycles. The summed E-state index contributed by atoms with van der Waals surface area (Å²) in [5.74, 6) is -0.563. The lowest BCUT2D eigenvalue weighted by Gasteiger charge is -2.26. The third-order valence-electron chi connectivity index (χ3n) is 4.13. The third kappa shape index (κ3) is 3.93. The fourth-order valence-electron chi connectivity index (χ4n) is 2.81. The summed E-state index contributed by atoms with van der Waals surface area (Å²) in [5, 5.41) is 23.2. The number of hydrogen-bond donors (Lipinski definition) is 2. The molecule has 2 rings (SSSR count). The van der Waals surface area contributed by atoms with E-state index >= 15 is 0 Å². The molecule has 6 heteroatoms. The van der Waals surface area contributed by atoms with Gasteiger partial charge in [0.1, 0.15) is 5.69 Å².